The van der Waals surface area contributed by atoms with Crippen molar-refractivity contribution < 1.29 is 8.83 Å². The quantitative estimate of drug-likeness (QED) is 0.584. The lowest BCUT2D eigenvalue weighted by Crippen LogP contribution is -2.02. The number of H-pyrrole nitrogens is 1. The molecule has 0 spiro atoms. The third-order valence-electron chi connectivity index (χ3n) is 3.39. The van der Waals surface area contributed by atoms with Gasteiger partial charge in [0.2, 0.25) is 5.89 Å². The van der Waals surface area contributed by atoms with Crippen LogP contribution in [0.15, 0.2) is 45.2 Å². The molecule has 0 bridgehead atoms. The molecule has 0 saturated heterocycles. The van der Waals surface area contributed by atoms with E-state index in [0.29, 0.717) is 18.2 Å². The Morgan fingerprint density at radius 3 is 2.77 bits per heavy atom. The average Bonchev–Trinajstić information content (AvgIpc) is 3.20. The molecule has 110 valence electrons. The molecular weight excluding hydrogens is 300 g/mol. The molecule has 0 atom stereocenters. The second-order valence-electron chi connectivity index (χ2n) is 4.93. The van der Waals surface area contributed by atoms with Crippen molar-refractivity contribution in [2.24, 2.45) is 0 Å². The van der Waals surface area contributed by atoms with Gasteiger partial charge in [-0.1, -0.05) is 12.1 Å². The SMILES string of the molecule is Cc1ccc(-c2nc3ccccc3n2Cc2n[nH]c(=S)o2)o1. The summed E-state index contributed by atoms with van der Waals surface area (Å²) in [4.78, 5) is 4.92. The summed E-state index contributed by atoms with van der Waals surface area (Å²) in [5, 5.41) is 6.70. The number of nitrogens with zero attached hydrogens (tertiary/aromatic N) is 3. The summed E-state index contributed by atoms with van der Waals surface area (Å²) in [7, 11) is 0. The number of rotatable bonds is 3. The normalized spacial score (nSPS) is 11.3. The lowest BCUT2D eigenvalue weighted by molar-refractivity contribution is 0.467. The van der Waals surface area contributed by atoms with Gasteiger partial charge < -0.3 is 13.4 Å². The zero-order chi connectivity index (χ0) is 15.1. The molecule has 0 aliphatic heterocycles. The van der Waals surface area contributed by atoms with Gasteiger partial charge in [0.25, 0.3) is 4.84 Å². The van der Waals surface area contributed by atoms with Crippen LogP contribution in [0, 0.1) is 11.8 Å². The number of furan rings is 1. The highest BCUT2D eigenvalue weighted by molar-refractivity contribution is 7.71. The van der Waals surface area contributed by atoms with Crippen LogP contribution in [0.5, 0.6) is 0 Å². The van der Waals surface area contributed by atoms with E-state index >= 15 is 0 Å². The zero-order valence-corrected chi connectivity index (χ0v) is 12.6. The molecule has 0 aliphatic rings. The number of hydrogen-bond donors (Lipinski definition) is 1. The summed E-state index contributed by atoms with van der Waals surface area (Å²) in [5.74, 6) is 2.78. The minimum Gasteiger partial charge on any atom is -0.458 e. The number of nitrogens with one attached hydrogen (secondary N) is 1. The smallest absolute Gasteiger partial charge is 0.284 e. The number of aromatic nitrogens is 4. The van der Waals surface area contributed by atoms with Crippen molar-refractivity contribution in [3.8, 4) is 11.6 Å². The molecule has 0 saturated carbocycles. The number of imidazole rings is 1. The summed E-state index contributed by atoms with van der Waals surface area (Å²) in [6.45, 7) is 2.33. The van der Waals surface area contributed by atoms with Gasteiger partial charge in [0, 0.05) is 0 Å². The van der Waals surface area contributed by atoms with Gasteiger partial charge in [-0.2, -0.15) is 0 Å². The van der Waals surface area contributed by atoms with Crippen LogP contribution in [0.1, 0.15) is 11.7 Å². The fourth-order valence-corrected chi connectivity index (χ4v) is 2.58. The molecule has 1 aromatic carbocycles. The maximum Gasteiger partial charge on any atom is 0.284 e. The van der Waals surface area contributed by atoms with Crippen molar-refractivity contribution in [2.45, 2.75) is 13.5 Å². The average molecular weight is 312 g/mol. The summed E-state index contributed by atoms with van der Waals surface area (Å²) in [6, 6.07) is 11.7. The molecular formula is C15H12N4O2S. The maximum absolute atomic E-state index is 5.72. The summed E-state index contributed by atoms with van der Waals surface area (Å²) in [6.07, 6.45) is 0. The minimum atomic E-state index is 0.259. The van der Waals surface area contributed by atoms with Crippen molar-refractivity contribution >= 4 is 23.3 Å². The second kappa shape index (κ2) is 4.96. The molecule has 7 heteroatoms. The van der Waals surface area contributed by atoms with Crippen LogP contribution in [0.4, 0.5) is 0 Å². The number of para-hydroxylation sites is 2. The Morgan fingerprint density at radius 2 is 2.05 bits per heavy atom. The third kappa shape index (κ3) is 2.15. The first-order valence-corrected chi connectivity index (χ1v) is 7.18. The van der Waals surface area contributed by atoms with Crippen molar-refractivity contribution in [2.75, 3.05) is 0 Å². The molecule has 3 aromatic heterocycles. The van der Waals surface area contributed by atoms with Crippen molar-refractivity contribution in [1.82, 2.24) is 19.7 Å². The van der Waals surface area contributed by atoms with E-state index in [1.165, 1.54) is 0 Å². The highest BCUT2D eigenvalue weighted by Crippen LogP contribution is 2.27. The van der Waals surface area contributed by atoms with Crippen molar-refractivity contribution in [1.29, 1.82) is 0 Å². The largest absolute Gasteiger partial charge is 0.458 e. The van der Waals surface area contributed by atoms with Gasteiger partial charge in [0.1, 0.15) is 12.3 Å². The topological polar surface area (TPSA) is 72.8 Å². The van der Waals surface area contributed by atoms with Crippen LogP contribution in [0.3, 0.4) is 0 Å². The second-order valence-corrected chi connectivity index (χ2v) is 5.30. The van der Waals surface area contributed by atoms with E-state index in [2.05, 4.69) is 15.2 Å². The molecule has 1 N–H and O–H groups in total. The minimum absolute atomic E-state index is 0.259. The van der Waals surface area contributed by atoms with Crippen LogP contribution in [-0.2, 0) is 6.54 Å². The predicted octanol–water partition coefficient (Wildman–Crippen LogP) is 3.70. The van der Waals surface area contributed by atoms with Gasteiger partial charge in [0.15, 0.2) is 11.6 Å². The molecule has 22 heavy (non-hydrogen) atoms. The highest BCUT2D eigenvalue weighted by Gasteiger charge is 2.16. The van der Waals surface area contributed by atoms with E-state index in [4.69, 9.17) is 21.1 Å². The first-order valence-electron chi connectivity index (χ1n) is 6.77. The summed E-state index contributed by atoms with van der Waals surface area (Å²) < 4.78 is 13.1. The lowest BCUT2D eigenvalue weighted by atomic mass is 10.3. The Bertz CT molecular complexity index is 1010. The van der Waals surface area contributed by atoms with Crippen molar-refractivity contribution in [3.63, 3.8) is 0 Å². The first-order chi connectivity index (χ1) is 10.7. The van der Waals surface area contributed by atoms with Gasteiger partial charge in [-0.05, 0) is 43.4 Å². The third-order valence-corrected chi connectivity index (χ3v) is 3.57. The molecule has 0 aliphatic carbocycles. The van der Waals surface area contributed by atoms with Crippen LogP contribution in [-0.4, -0.2) is 19.7 Å². The van der Waals surface area contributed by atoms with E-state index in [0.717, 1.165) is 22.6 Å². The Morgan fingerprint density at radius 1 is 1.18 bits per heavy atom. The Kier molecular flexibility index (Phi) is 2.93. The van der Waals surface area contributed by atoms with Crippen molar-refractivity contribution in [3.05, 3.63) is 52.9 Å². The summed E-state index contributed by atoms with van der Waals surface area (Å²) >= 11 is 4.93. The molecule has 0 radical (unpaired) electrons. The monoisotopic (exact) mass is 312 g/mol. The molecule has 4 aromatic rings. The van der Waals surface area contributed by atoms with Gasteiger partial charge in [0.05, 0.1) is 11.0 Å². The number of aryl methyl sites for hydroxylation is 1. The molecule has 4 rings (SSSR count). The lowest BCUT2D eigenvalue weighted by Gasteiger charge is -2.04. The van der Waals surface area contributed by atoms with Gasteiger partial charge in [-0.3, -0.25) is 0 Å². The fraction of sp³-hybridized carbons (Fsp3) is 0.133. The van der Waals surface area contributed by atoms with Crippen LogP contribution < -0.4 is 0 Å². The van der Waals surface area contributed by atoms with E-state index in [-0.39, 0.29) is 4.84 Å². The number of fused-ring (bicyclic) bond motifs is 1. The van der Waals surface area contributed by atoms with Gasteiger partial charge >= 0.3 is 0 Å². The van der Waals surface area contributed by atoms with Gasteiger partial charge in [-0.25, -0.2) is 10.1 Å². The standard InChI is InChI=1S/C15H12N4O2S/c1-9-6-7-12(20-9)14-16-10-4-2-3-5-11(10)19(14)8-13-17-18-15(22)21-13/h2-7H,8H2,1H3,(H,18,22). The van der Waals surface area contributed by atoms with E-state index in [1.54, 1.807) is 0 Å². The first kappa shape index (κ1) is 13.0. The Labute approximate surface area is 130 Å². The van der Waals surface area contributed by atoms with E-state index < -0.39 is 0 Å². The van der Waals surface area contributed by atoms with Crippen LogP contribution >= 0.6 is 12.2 Å². The highest BCUT2D eigenvalue weighted by atomic mass is 32.1. The van der Waals surface area contributed by atoms with Gasteiger partial charge in [-0.15, -0.1) is 5.10 Å². The molecule has 0 fully saturated rings. The number of aromatic amines is 1. The molecule has 0 amide bonds. The van der Waals surface area contributed by atoms with Crippen LogP contribution in [0.2, 0.25) is 0 Å². The molecule has 6 nitrogen and oxygen atoms in total. The molecule has 0 unspecified atom stereocenters. The van der Waals surface area contributed by atoms with E-state index in [9.17, 15) is 0 Å². The number of benzene rings is 1. The Balaban J connectivity index is 1.91. The predicted molar refractivity (Wildman–Crippen MR) is 83.0 cm³/mol. The fourth-order valence-electron chi connectivity index (χ4n) is 2.44. The molecule has 3 heterocycles. The van der Waals surface area contributed by atoms with E-state index in [1.807, 2.05) is 47.9 Å². The summed E-state index contributed by atoms with van der Waals surface area (Å²) in [5.41, 5.74) is 1.87. The number of hydrogen-bond acceptors (Lipinski definition) is 5. The van der Waals surface area contributed by atoms with Crippen LogP contribution in [0.25, 0.3) is 22.6 Å². The Hall–Kier alpha value is -2.67. The maximum atomic E-state index is 5.72. The zero-order valence-electron chi connectivity index (χ0n) is 11.7.